The van der Waals surface area contributed by atoms with E-state index in [1.165, 1.54) is 0 Å². The van der Waals surface area contributed by atoms with Gasteiger partial charge in [0.05, 0.1) is 0 Å². The van der Waals surface area contributed by atoms with Crippen LogP contribution in [-0.2, 0) is 0 Å². The van der Waals surface area contributed by atoms with Gasteiger partial charge in [-0.15, -0.1) is 0 Å². The molecule has 1 aliphatic heterocycles. The minimum Gasteiger partial charge on any atom is -0.306 e. The topological polar surface area (TPSA) is 3.24 Å². The van der Waals surface area contributed by atoms with E-state index in [1.807, 2.05) is 0 Å². The van der Waals surface area contributed by atoms with Crippen molar-refractivity contribution in [2.45, 2.75) is 19.0 Å². The van der Waals surface area contributed by atoms with Crippen molar-refractivity contribution in [3.63, 3.8) is 0 Å². The van der Waals surface area contributed by atoms with E-state index < -0.39 is 6.17 Å². The Kier molecular flexibility index (Phi) is 1.44. The quantitative estimate of drug-likeness (QED) is 0.494. The molecule has 1 saturated heterocycles. The van der Waals surface area contributed by atoms with E-state index in [1.54, 1.807) is 0 Å². The van der Waals surface area contributed by atoms with Gasteiger partial charge in [-0.2, -0.15) is 0 Å². The van der Waals surface area contributed by atoms with Crippen LogP contribution in [0.1, 0.15) is 12.8 Å². The summed E-state index contributed by atoms with van der Waals surface area (Å²) in [4.78, 5) is 2.32. The average molecular weight is 143 g/mol. The summed E-state index contributed by atoms with van der Waals surface area (Å²) in [6, 6.07) is 0. The van der Waals surface area contributed by atoms with Crippen molar-refractivity contribution in [1.82, 2.24) is 4.90 Å². The third-order valence-electron chi connectivity index (χ3n) is 2.88. The van der Waals surface area contributed by atoms with Crippen molar-refractivity contribution in [3.05, 3.63) is 0 Å². The maximum absolute atomic E-state index is 12.8. The molecule has 2 atom stereocenters. The Morgan fingerprint density at radius 3 is 2.20 bits per heavy atom. The molecule has 0 N–H and O–H groups in total. The van der Waals surface area contributed by atoms with Crippen molar-refractivity contribution >= 4 is 0 Å². The maximum atomic E-state index is 12.8. The minimum absolute atomic E-state index is 0.483. The number of hydrogen-bond donors (Lipinski definition) is 0. The maximum Gasteiger partial charge on any atom is 0.101 e. The molecule has 1 nitrogen and oxygen atoms in total. The number of fused-ring (bicyclic) bond motifs is 1. The van der Waals surface area contributed by atoms with Crippen molar-refractivity contribution in [3.8, 4) is 0 Å². The molecule has 0 radical (unpaired) electrons. The Balaban J connectivity index is 2.00. The minimum atomic E-state index is -0.483. The molecule has 1 heterocycles. The van der Waals surface area contributed by atoms with E-state index >= 15 is 0 Å². The Labute approximate surface area is 61.2 Å². The predicted octanol–water partition coefficient (Wildman–Crippen LogP) is 1.30. The van der Waals surface area contributed by atoms with Crippen molar-refractivity contribution in [1.29, 1.82) is 0 Å². The fourth-order valence-electron chi connectivity index (χ4n) is 2.46. The second-order valence-corrected chi connectivity index (χ2v) is 3.81. The first-order chi connectivity index (χ1) is 4.75. The molecule has 2 rings (SSSR count). The summed E-state index contributed by atoms with van der Waals surface area (Å²) < 4.78 is 12.8. The molecule has 2 heteroatoms. The Morgan fingerprint density at radius 2 is 1.70 bits per heavy atom. The Hall–Kier alpha value is -0.110. The first-order valence-electron chi connectivity index (χ1n) is 4.08. The van der Waals surface area contributed by atoms with Crippen LogP contribution in [0, 0.1) is 11.8 Å². The number of likely N-dealkylation sites (tertiary alicyclic amines) is 1. The van der Waals surface area contributed by atoms with Gasteiger partial charge >= 0.3 is 0 Å². The lowest BCUT2D eigenvalue weighted by Crippen LogP contribution is -2.16. The zero-order valence-corrected chi connectivity index (χ0v) is 6.39. The molecule has 10 heavy (non-hydrogen) atoms. The predicted molar refractivity (Wildman–Crippen MR) is 38.6 cm³/mol. The van der Waals surface area contributed by atoms with Gasteiger partial charge in [-0.3, -0.25) is 0 Å². The summed E-state index contributed by atoms with van der Waals surface area (Å²) in [6.07, 6.45) is 1.17. The van der Waals surface area contributed by atoms with Crippen LogP contribution in [0.15, 0.2) is 0 Å². The fraction of sp³-hybridized carbons (Fsp3) is 1.00. The van der Waals surface area contributed by atoms with Crippen molar-refractivity contribution < 1.29 is 4.39 Å². The number of nitrogens with zero attached hydrogens (tertiary/aromatic N) is 1. The van der Waals surface area contributed by atoms with E-state index in [0.29, 0.717) is 11.8 Å². The molecule has 0 aromatic rings. The van der Waals surface area contributed by atoms with Crippen LogP contribution in [0.25, 0.3) is 0 Å². The summed E-state index contributed by atoms with van der Waals surface area (Å²) in [5, 5.41) is 0. The molecule has 2 unspecified atom stereocenters. The molecule has 0 spiro atoms. The fourth-order valence-corrected chi connectivity index (χ4v) is 2.46. The van der Waals surface area contributed by atoms with Gasteiger partial charge in [0, 0.05) is 13.1 Å². The van der Waals surface area contributed by atoms with E-state index in [9.17, 15) is 4.39 Å². The lowest BCUT2D eigenvalue weighted by atomic mass is 10.0. The highest BCUT2D eigenvalue weighted by Crippen LogP contribution is 2.38. The molecule has 1 saturated carbocycles. The number of rotatable bonds is 0. The molecule has 0 aromatic carbocycles. The number of alkyl halides is 1. The average Bonchev–Trinajstić information content (AvgIpc) is 2.21. The van der Waals surface area contributed by atoms with E-state index in [-0.39, 0.29) is 0 Å². The number of halogens is 1. The van der Waals surface area contributed by atoms with Crippen molar-refractivity contribution in [2.75, 3.05) is 20.1 Å². The molecular formula is C8H14FN. The van der Waals surface area contributed by atoms with Crippen LogP contribution < -0.4 is 0 Å². The van der Waals surface area contributed by atoms with E-state index in [4.69, 9.17) is 0 Å². The highest BCUT2D eigenvalue weighted by molar-refractivity contribution is 4.91. The van der Waals surface area contributed by atoms with Crippen LogP contribution in [-0.4, -0.2) is 31.2 Å². The van der Waals surface area contributed by atoms with Crippen LogP contribution in [0.5, 0.6) is 0 Å². The summed E-state index contributed by atoms with van der Waals surface area (Å²) >= 11 is 0. The second-order valence-electron chi connectivity index (χ2n) is 3.81. The van der Waals surface area contributed by atoms with Crippen LogP contribution in [0.4, 0.5) is 4.39 Å². The Morgan fingerprint density at radius 1 is 1.20 bits per heavy atom. The third kappa shape index (κ3) is 0.947. The van der Waals surface area contributed by atoms with E-state index in [0.717, 1.165) is 25.9 Å². The molecule has 1 aliphatic carbocycles. The normalized spacial score (nSPS) is 48.0. The van der Waals surface area contributed by atoms with Gasteiger partial charge in [-0.1, -0.05) is 0 Å². The Bertz CT molecular complexity index is 109. The molecule has 2 aliphatic rings. The van der Waals surface area contributed by atoms with Gasteiger partial charge in [0.2, 0.25) is 0 Å². The highest BCUT2D eigenvalue weighted by Gasteiger charge is 2.39. The summed E-state index contributed by atoms with van der Waals surface area (Å²) in [7, 11) is 2.13. The van der Waals surface area contributed by atoms with Crippen LogP contribution in [0.2, 0.25) is 0 Å². The van der Waals surface area contributed by atoms with Crippen LogP contribution >= 0.6 is 0 Å². The SMILES string of the molecule is CN1CC2CC(F)CC2C1. The van der Waals surface area contributed by atoms with Gasteiger partial charge in [-0.05, 0) is 31.7 Å². The largest absolute Gasteiger partial charge is 0.306 e. The lowest BCUT2D eigenvalue weighted by molar-refractivity contribution is 0.291. The molecule has 58 valence electrons. The second kappa shape index (κ2) is 2.19. The molecule has 2 fully saturated rings. The monoisotopic (exact) mass is 143 g/mol. The van der Waals surface area contributed by atoms with Gasteiger partial charge in [-0.25, -0.2) is 4.39 Å². The van der Waals surface area contributed by atoms with Gasteiger partial charge in [0.15, 0.2) is 0 Å². The third-order valence-corrected chi connectivity index (χ3v) is 2.88. The molecule has 0 amide bonds. The molecular weight excluding hydrogens is 129 g/mol. The van der Waals surface area contributed by atoms with E-state index in [2.05, 4.69) is 11.9 Å². The van der Waals surface area contributed by atoms with Crippen LogP contribution in [0.3, 0.4) is 0 Å². The molecule has 0 aromatic heterocycles. The summed E-state index contributed by atoms with van der Waals surface area (Å²) in [6.45, 7) is 2.26. The first kappa shape index (κ1) is 6.59. The zero-order chi connectivity index (χ0) is 7.14. The molecule has 0 bridgehead atoms. The standard InChI is InChI=1S/C8H14FN/c1-10-4-6-2-8(9)3-7(6)5-10/h6-8H,2-5H2,1H3. The number of hydrogen-bond acceptors (Lipinski definition) is 1. The highest BCUT2D eigenvalue weighted by atomic mass is 19.1. The summed E-state index contributed by atoms with van der Waals surface area (Å²) in [5.41, 5.74) is 0. The van der Waals surface area contributed by atoms with Gasteiger partial charge in [0.25, 0.3) is 0 Å². The van der Waals surface area contributed by atoms with Gasteiger partial charge in [0.1, 0.15) is 6.17 Å². The zero-order valence-electron chi connectivity index (χ0n) is 6.39. The smallest absolute Gasteiger partial charge is 0.101 e. The van der Waals surface area contributed by atoms with Crippen molar-refractivity contribution in [2.24, 2.45) is 11.8 Å². The lowest BCUT2D eigenvalue weighted by Gasteiger charge is -2.08. The first-order valence-corrected chi connectivity index (χ1v) is 4.08. The van der Waals surface area contributed by atoms with Gasteiger partial charge < -0.3 is 4.90 Å². The summed E-state index contributed by atoms with van der Waals surface area (Å²) in [5.74, 6) is 1.36.